The Bertz CT molecular complexity index is 990. The molecule has 0 aliphatic carbocycles. The minimum Gasteiger partial charge on any atom is -0.350 e. The fraction of sp³-hybridized carbons (Fsp3) is 0.0588. The van der Waals surface area contributed by atoms with Gasteiger partial charge in [0.15, 0.2) is 0 Å². The minimum atomic E-state index is -4.56. The van der Waals surface area contributed by atoms with Gasteiger partial charge in [0.05, 0.1) is 21.3 Å². The van der Waals surface area contributed by atoms with E-state index in [0.29, 0.717) is 0 Å². The monoisotopic (exact) mass is 434 g/mol. The highest BCUT2D eigenvalue weighted by Gasteiger charge is 2.39. The smallest absolute Gasteiger partial charge is 0.350 e. The number of anilines is 2. The van der Waals surface area contributed by atoms with Crippen LogP contribution in [0, 0.1) is 0 Å². The lowest BCUT2D eigenvalue weighted by molar-refractivity contribution is -0.137. The molecule has 10 heteroatoms. The molecule has 1 aliphatic heterocycles. The summed E-state index contributed by atoms with van der Waals surface area (Å²) in [6, 6.07) is 8.25. The van der Waals surface area contributed by atoms with Crippen molar-refractivity contribution in [1.82, 2.24) is 0 Å². The Balaban J connectivity index is 1.92. The van der Waals surface area contributed by atoms with Crippen LogP contribution in [0.1, 0.15) is 5.56 Å². The minimum absolute atomic E-state index is 0.0462. The molecule has 0 radical (unpaired) electrons. The third kappa shape index (κ3) is 3.76. The summed E-state index contributed by atoms with van der Waals surface area (Å²) < 4.78 is 38.5. The van der Waals surface area contributed by atoms with Crippen LogP contribution in [0.4, 0.5) is 24.5 Å². The molecule has 0 atom stereocenters. The third-order valence-corrected chi connectivity index (χ3v) is 4.74. The molecular formula is C17H8Cl3F3N2O2. The summed E-state index contributed by atoms with van der Waals surface area (Å²) in [4.78, 5) is 25.7. The van der Waals surface area contributed by atoms with Gasteiger partial charge >= 0.3 is 6.18 Å². The first-order chi connectivity index (χ1) is 12.6. The lowest BCUT2D eigenvalue weighted by atomic mass is 10.2. The van der Waals surface area contributed by atoms with E-state index in [4.69, 9.17) is 34.8 Å². The van der Waals surface area contributed by atoms with Gasteiger partial charge in [-0.2, -0.15) is 13.2 Å². The largest absolute Gasteiger partial charge is 0.416 e. The van der Waals surface area contributed by atoms with Crippen molar-refractivity contribution < 1.29 is 22.8 Å². The number of alkyl halides is 3. The van der Waals surface area contributed by atoms with E-state index in [-0.39, 0.29) is 27.1 Å². The van der Waals surface area contributed by atoms with Gasteiger partial charge in [0.1, 0.15) is 10.7 Å². The van der Waals surface area contributed by atoms with E-state index in [1.807, 2.05) is 0 Å². The van der Waals surface area contributed by atoms with Crippen molar-refractivity contribution in [3.63, 3.8) is 0 Å². The highest BCUT2D eigenvalue weighted by molar-refractivity contribution is 6.53. The molecule has 27 heavy (non-hydrogen) atoms. The Kier molecular flexibility index (Phi) is 5.12. The normalized spacial score (nSPS) is 15.0. The number of hydrogen-bond donors (Lipinski definition) is 1. The number of nitrogens with one attached hydrogen (secondary N) is 1. The van der Waals surface area contributed by atoms with Crippen LogP contribution < -0.4 is 10.2 Å². The van der Waals surface area contributed by atoms with Crippen molar-refractivity contribution >= 4 is 58.0 Å². The predicted octanol–water partition coefficient (Wildman–Crippen LogP) is 5.45. The summed E-state index contributed by atoms with van der Waals surface area (Å²) in [5.74, 6) is -1.67. The number of benzene rings is 2. The van der Waals surface area contributed by atoms with Gasteiger partial charge in [-0.05, 0) is 36.4 Å². The van der Waals surface area contributed by atoms with Crippen molar-refractivity contribution in [2.45, 2.75) is 6.18 Å². The fourth-order valence-corrected chi connectivity index (χ4v) is 2.89. The predicted molar refractivity (Wildman–Crippen MR) is 96.9 cm³/mol. The van der Waals surface area contributed by atoms with E-state index >= 15 is 0 Å². The lowest BCUT2D eigenvalue weighted by Gasteiger charge is -2.16. The highest BCUT2D eigenvalue weighted by Crippen LogP contribution is 2.35. The van der Waals surface area contributed by atoms with Gasteiger partial charge in [-0.3, -0.25) is 9.59 Å². The second-order valence-electron chi connectivity index (χ2n) is 5.44. The molecule has 0 bridgehead atoms. The maximum atomic E-state index is 12.8. The molecule has 1 N–H and O–H groups in total. The van der Waals surface area contributed by atoms with Gasteiger partial charge in [-0.15, -0.1) is 0 Å². The number of halogens is 6. The summed E-state index contributed by atoms with van der Waals surface area (Å²) in [6.45, 7) is 0. The Morgan fingerprint density at radius 3 is 2.22 bits per heavy atom. The first-order valence-corrected chi connectivity index (χ1v) is 8.41. The van der Waals surface area contributed by atoms with Crippen LogP contribution in [-0.2, 0) is 15.8 Å². The Hall–Kier alpha value is -2.22. The first kappa shape index (κ1) is 19.5. The summed E-state index contributed by atoms with van der Waals surface area (Å²) in [6.07, 6.45) is -4.56. The van der Waals surface area contributed by atoms with Crippen molar-refractivity contribution in [1.29, 1.82) is 0 Å². The summed E-state index contributed by atoms with van der Waals surface area (Å²) in [5, 5.41) is 2.37. The first-order valence-electron chi connectivity index (χ1n) is 7.27. The third-order valence-electron chi connectivity index (χ3n) is 3.65. The van der Waals surface area contributed by atoms with Gasteiger partial charge in [0.2, 0.25) is 0 Å². The summed E-state index contributed by atoms with van der Waals surface area (Å²) in [5.41, 5.74) is -1.18. The van der Waals surface area contributed by atoms with Gasteiger partial charge in [-0.25, -0.2) is 4.90 Å². The lowest BCUT2D eigenvalue weighted by Crippen LogP contribution is -2.32. The number of imide groups is 1. The SMILES string of the molecule is O=C1C(Cl)=C(Nc2cccc(C(F)(F)F)c2)C(=O)N1c1ccc(Cl)c(Cl)c1. The molecular weight excluding hydrogens is 428 g/mol. The zero-order chi connectivity index (χ0) is 19.9. The molecule has 0 saturated carbocycles. The Morgan fingerprint density at radius 2 is 1.59 bits per heavy atom. The van der Waals surface area contributed by atoms with Crippen molar-refractivity contribution in [2.24, 2.45) is 0 Å². The van der Waals surface area contributed by atoms with Gasteiger partial charge < -0.3 is 5.32 Å². The number of hydrogen-bond acceptors (Lipinski definition) is 3. The zero-order valence-electron chi connectivity index (χ0n) is 13.1. The molecule has 3 rings (SSSR count). The van der Waals surface area contributed by atoms with E-state index in [2.05, 4.69) is 5.32 Å². The van der Waals surface area contributed by atoms with Crippen LogP contribution in [0.25, 0.3) is 0 Å². The van der Waals surface area contributed by atoms with Gasteiger partial charge in [-0.1, -0.05) is 40.9 Å². The number of nitrogens with zero attached hydrogens (tertiary/aromatic N) is 1. The quantitative estimate of drug-likeness (QED) is 0.653. The summed E-state index contributed by atoms with van der Waals surface area (Å²) >= 11 is 17.7. The molecule has 4 nitrogen and oxygen atoms in total. The van der Waals surface area contributed by atoms with E-state index < -0.39 is 28.6 Å². The maximum Gasteiger partial charge on any atom is 0.416 e. The van der Waals surface area contributed by atoms with Crippen molar-refractivity contribution in [3.8, 4) is 0 Å². The van der Waals surface area contributed by atoms with E-state index in [9.17, 15) is 22.8 Å². The molecule has 2 aromatic rings. The standard InChI is InChI=1S/C17H8Cl3F3N2O2/c18-11-5-4-10(7-12(11)19)25-15(26)13(20)14(16(25)27)24-9-3-1-2-8(6-9)17(21,22)23/h1-7,24H. The molecule has 2 amide bonds. The molecule has 0 unspecified atom stereocenters. The summed E-state index contributed by atoms with van der Waals surface area (Å²) in [7, 11) is 0. The number of amides is 2. The molecule has 0 fully saturated rings. The van der Waals surface area contributed by atoms with Crippen LogP contribution in [0.2, 0.25) is 10.0 Å². The van der Waals surface area contributed by atoms with E-state index in [1.165, 1.54) is 24.3 Å². The zero-order valence-corrected chi connectivity index (χ0v) is 15.3. The fourth-order valence-electron chi connectivity index (χ4n) is 2.39. The highest BCUT2D eigenvalue weighted by atomic mass is 35.5. The van der Waals surface area contributed by atoms with Crippen LogP contribution in [0.5, 0.6) is 0 Å². The maximum absolute atomic E-state index is 12.8. The van der Waals surface area contributed by atoms with Gasteiger partial charge in [0, 0.05) is 5.69 Å². The molecule has 2 aromatic carbocycles. The Labute approximate surface area is 166 Å². The molecule has 0 aromatic heterocycles. The topological polar surface area (TPSA) is 49.4 Å². The second kappa shape index (κ2) is 7.07. The molecule has 140 valence electrons. The van der Waals surface area contributed by atoms with E-state index in [0.717, 1.165) is 23.1 Å². The van der Waals surface area contributed by atoms with Gasteiger partial charge in [0.25, 0.3) is 11.8 Å². The van der Waals surface area contributed by atoms with Crippen LogP contribution in [0.3, 0.4) is 0 Å². The van der Waals surface area contributed by atoms with Crippen molar-refractivity contribution in [3.05, 3.63) is 68.8 Å². The molecule has 1 aliphatic rings. The Morgan fingerprint density at radius 1 is 0.889 bits per heavy atom. The molecule has 0 spiro atoms. The number of carbonyl (C=O) groups excluding carboxylic acids is 2. The van der Waals surface area contributed by atoms with Crippen molar-refractivity contribution in [2.75, 3.05) is 10.2 Å². The van der Waals surface area contributed by atoms with Crippen LogP contribution in [0.15, 0.2) is 53.2 Å². The van der Waals surface area contributed by atoms with Crippen LogP contribution in [-0.4, -0.2) is 11.8 Å². The average molecular weight is 436 g/mol. The van der Waals surface area contributed by atoms with Crippen LogP contribution >= 0.6 is 34.8 Å². The molecule has 1 heterocycles. The number of rotatable bonds is 3. The van der Waals surface area contributed by atoms with E-state index in [1.54, 1.807) is 0 Å². The second-order valence-corrected chi connectivity index (χ2v) is 6.63. The average Bonchev–Trinajstić information content (AvgIpc) is 2.81. The number of carbonyl (C=O) groups is 2. The molecule has 0 saturated heterocycles.